The third-order valence-electron chi connectivity index (χ3n) is 1.97. The first-order chi connectivity index (χ1) is 7.19. The van der Waals surface area contributed by atoms with Gasteiger partial charge in [0.05, 0.1) is 13.2 Å². The minimum Gasteiger partial charge on any atom is -0.497 e. The Bertz CT molecular complexity index is 396. The molecule has 0 fully saturated rings. The minimum atomic E-state index is -0.185. The van der Waals surface area contributed by atoms with Crippen molar-refractivity contribution < 1.29 is 9.53 Å². The van der Waals surface area contributed by atoms with Gasteiger partial charge in [0.1, 0.15) is 12.3 Å². The molecule has 0 bridgehead atoms. The molecule has 0 heterocycles. The predicted octanol–water partition coefficient (Wildman–Crippen LogP) is 1.29. The highest BCUT2D eigenvalue weighted by molar-refractivity contribution is 5.94. The molecular weight excluding hydrogens is 192 g/mol. The first-order valence-corrected chi connectivity index (χ1v) is 4.45. The number of methoxy groups -OCH3 is 1. The largest absolute Gasteiger partial charge is 0.497 e. The zero-order valence-electron chi connectivity index (χ0n) is 8.73. The van der Waals surface area contributed by atoms with E-state index in [1.807, 2.05) is 6.07 Å². The van der Waals surface area contributed by atoms with Crippen LogP contribution in [0.5, 0.6) is 5.75 Å². The van der Waals surface area contributed by atoms with Crippen LogP contribution in [0.1, 0.15) is 10.4 Å². The normalized spacial score (nSPS) is 9.13. The number of hydrogen-bond donors (Lipinski definition) is 0. The van der Waals surface area contributed by atoms with Crippen LogP contribution < -0.4 is 4.74 Å². The Morgan fingerprint density at radius 2 is 2.33 bits per heavy atom. The van der Waals surface area contributed by atoms with Crippen molar-refractivity contribution in [3.8, 4) is 11.8 Å². The van der Waals surface area contributed by atoms with Gasteiger partial charge in [0.15, 0.2) is 0 Å². The van der Waals surface area contributed by atoms with Crippen molar-refractivity contribution in [3.05, 3.63) is 29.8 Å². The lowest BCUT2D eigenvalue weighted by molar-refractivity contribution is 0.0811. The van der Waals surface area contributed by atoms with Crippen LogP contribution >= 0.6 is 0 Å². The molecule has 0 spiro atoms. The van der Waals surface area contributed by atoms with Crippen molar-refractivity contribution in [2.24, 2.45) is 0 Å². The molecule has 15 heavy (non-hydrogen) atoms. The molecule has 1 aromatic rings. The lowest BCUT2D eigenvalue weighted by atomic mass is 10.2. The Morgan fingerprint density at radius 1 is 1.60 bits per heavy atom. The van der Waals surface area contributed by atoms with Gasteiger partial charge >= 0.3 is 0 Å². The van der Waals surface area contributed by atoms with Gasteiger partial charge in [-0.15, -0.1) is 0 Å². The van der Waals surface area contributed by atoms with Crippen LogP contribution in [0.15, 0.2) is 24.3 Å². The number of nitriles is 1. The van der Waals surface area contributed by atoms with Gasteiger partial charge in [-0.05, 0) is 18.2 Å². The number of amides is 1. The topological polar surface area (TPSA) is 53.3 Å². The molecular formula is C11H12N2O2. The molecule has 1 aromatic carbocycles. The fraction of sp³-hybridized carbons (Fsp3) is 0.273. The Balaban J connectivity index is 2.87. The Kier molecular flexibility index (Phi) is 3.69. The van der Waals surface area contributed by atoms with E-state index in [1.165, 1.54) is 4.90 Å². The van der Waals surface area contributed by atoms with Crippen molar-refractivity contribution in [1.82, 2.24) is 4.90 Å². The molecule has 1 rings (SSSR count). The Hall–Kier alpha value is -2.02. The van der Waals surface area contributed by atoms with E-state index in [1.54, 1.807) is 38.4 Å². The minimum absolute atomic E-state index is 0.0794. The van der Waals surface area contributed by atoms with Crippen LogP contribution in [0.2, 0.25) is 0 Å². The number of rotatable bonds is 3. The van der Waals surface area contributed by atoms with Crippen LogP contribution in [0.3, 0.4) is 0 Å². The SMILES string of the molecule is COc1cccc(C(=O)N(C)CC#N)c1. The summed E-state index contributed by atoms with van der Waals surface area (Å²) in [6.45, 7) is 0.0794. The van der Waals surface area contributed by atoms with Gasteiger partial charge in [-0.2, -0.15) is 5.26 Å². The van der Waals surface area contributed by atoms with Gasteiger partial charge in [-0.1, -0.05) is 6.07 Å². The lowest BCUT2D eigenvalue weighted by Crippen LogP contribution is -2.26. The fourth-order valence-corrected chi connectivity index (χ4v) is 1.15. The van der Waals surface area contributed by atoms with Crippen molar-refractivity contribution in [2.75, 3.05) is 20.7 Å². The second kappa shape index (κ2) is 5.01. The molecule has 0 aliphatic heterocycles. The fourth-order valence-electron chi connectivity index (χ4n) is 1.15. The number of carbonyl (C=O) groups excluding carboxylic acids is 1. The maximum absolute atomic E-state index is 11.7. The summed E-state index contributed by atoms with van der Waals surface area (Å²) in [6, 6.07) is 8.77. The zero-order chi connectivity index (χ0) is 11.3. The molecule has 4 nitrogen and oxygen atoms in total. The second-order valence-electron chi connectivity index (χ2n) is 3.05. The van der Waals surface area contributed by atoms with E-state index in [0.29, 0.717) is 11.3 Å². The van der Waals surface area contributed by atoms with Crippen LogP contribution in [0.25, 0.3) is 0 Å². The third kappa shape index (κ3) is 2.71. The van der Waals surface area contributed by atoms with E-state index >= 15 is 0 Å². The molecule has 0 saturated heterocycles. The molecule has 78 valence electrons. The van der Waals surface area contributed by atoms with E-state index in [2.05, 4.69) is 0 Å². The molecule has 0 radical (unpaired) electrons. The summed E-state index contributed by atoms with van der Waals surface area (Å²) in [5.74, 6) is 0.446. The number of carbonyl (C=O) groups is 1. The number of ether oxygens (including phenoxy) is 1. The summed E-state index contributed by atoms with van der Waals surface area (Å²) in [7, 11) is 3.13. The van der Waals surface area contributed by atoms with E-state index in [0.717, 1.165) is 0 Å². The molecule has 0 saturated carbocycles. The van der Waals surface area contributed by atoms with E-state index in [4.69, 9.17) is 10.00 Å². The highest BCUT2D eigenvalue weighted by atomic mass is 16.5. The summed E-state index contributed by atoms with van der Waals surface area (Å²) in [5.41, 5.74) is 0.520. The van der Waals surface area contributed by atoms with Crippen molar-refractivity contribution >= 4 is 5.91 Å². The summed E-state index contributed by atoms with van der Waals surface area (Å²) in [6.07, 6.45) is 0. The summed E-state index contributed by atoms with van der Waals surface area (Å²) < 4.78 is 5.01. The van der Waals surface area contributed by atoms with E-state index in [9.17, 15) is 4.79 Å². The average Bonchev–Trinajstić information content (AvgIpc) is 2.28. The van der Waals surface area contributed by atoms with E-state index in [-0.39, 0.29) is 12.5 Å². The molecule has 1 amide bonds. The summed E-state index contributed by atoms with van der Waals surface area (Å²) in [5, 5.41) is 8.46. The maximum atomic E-state index is 11.7. The highest BCUT2D eigenvalue weighted by Crippen LogP contribution is 2.13. The van der Waals surface area contributed by atoms with Gasteiger partial charge in [0.2, 0.25) is 0 Å². The van der Waals surface area contributed by atoms with Gasteiger partial charge < -0.3 is 9.64 Å². The van der Waals surface area contributed by atoms with Gasteiger partial charge in [-0.3, -0.25) is 4.79 Å². The monoisotopic (exact) mass is 204 g/mol. The summed E-state index contributed by atoms with van der Waals surface area (Å²) in [4.78, 5) is 13.1. The first-order valence-electron chi connectivity index (χ1n) is 4.45. The number of nitrogens with zero attached hydrogens (tertiary/aromatic N) is 2. The van der Waals surface area contributed by atoms with Crippen molar-refractivity contribution in [1.29, 1.82) is 5.26 Å². The highest BCUT2D eigenvalue weighted by Gasteiger charge is 2.11. The van der Waals surface area contributed by atoms with E-state index < -0.39 is 0 Å². The van der Waals surface area contributed by atoms with Gasteiger partial charge in [-0.25, -0.2) is 0 Å². The smallest absolute Gasteiger partial charge is 0.254 e. The second-order valence-corrected chi connectivity index (χ2v) is 3.05. The Morgan fingerprint density at radius 3 is 2.93 bits per heavy atom. The molecule has 0 N–H and O–H groups in total. The first kappa shape index (κ1) is 11.1. The molecule has 0 aliphatic carbocycles. The molecule has 0 aromatic heterocycles. The predicted molar refractivity (Wildman–Crippen MR) is 55.6 cm³/mol. The molecule has 0 unspecified atom stereocenters. The standard InChI is InChI=1S/C11H12N2O2/c1-13(7-6-12)11(14)9-4-3-5-10(8-9)15-2/h3-5,8H,7H2,1-2H3. The molecule has 0 aliphatic rings. The quantitative estimate of drug-likeness (QED) is 0.697. The molecule has 4 heteroatoms. The Labute approximate surface area is 88.7 Å². The van der Waals surface area contributed by atoms with Gasteiger partial charge in [0, 0.05) is 12.6 Å². The maximum Gasteiger partial charge on any atom is 0.254 e. The number of benzene rings is 1. The average molecular weight is 204 g/mol. The lowest BCUT2D eigenvalue weighted by Gasteiger charge is -2.13. The van der Waals surface area contributed by atoms with Crippen molar-refractivity contribution in [3.63, 3.8) is 0 Å². The van der Waals surface area contributed by atoms with Crippen LogP contribution in [-0.4, -0.2) is 31.5 Å². The molecule has 0 atom stereocenters. The van der Waals surface area contributed by atoms with Crippen LogP contribution in [0.4, 0.5) is 0 Å². The van der Waals surface area contributed by atoms with Gasteiger partial charge in [0.25, 0.3) is 5.91 Å². The number of hydrogen-bond acceptors (Lipinski definition) is 3. The van der Waals surface area contributed by atoms with Crippen LogP contribution in [-0.2, 0) is 0 Å². The third-order valence-corrected chi connectivity index (χ3v) is 1.97. The van der Waals surface area contributed by atoms with Crippen molar-refractivity contribution in [2.45, 2.75) is 0 Å². The summed E-state index contributed by atoms with van der Waals surface area (Å²) >= 11 is 0. The zero-order valence-corrected chi connectivity index (χ0v) is 8.73. The van der Waals surface area contributed by atoms with Crippen LogP contribution in [0, 0.1) is 11.3 Å².